The first-order valence-corrected chi connectivity index (χ1v) is 13.0. The molecule has 198 valence electrons. The van der Waals surface area contributed by atoms with E-state index in [1.54, 1.807) is 23.1 Å². The van der Waals surface area contributed by atoms with Gasteiger partial charge in [-0.1, -0.05) is 26.2 Å². The van der Waals surface area contributed by atoms with Crippen molar-refractivity contribution in [3.05, 3.63) is 34.9 Å². The number of fused-ring (bicyclic) bond motifs is 3. The predicted molar refractivity (Wildman–Crippen MR) is 133 cm³/mol. The molecule has 2 aliphatic carbocycles. The third kappa shape index (κ3) is 4.96. The van der Waals surface area contributed by atoms with Gasteiger partial charge in [0, 0.05) is 30.1 Å². The standard InChI is InChI=1S/C27H38N2O7/c1-3-4-9-22(32)29(17-7-5-6-8-17)20-14-19(27(34)28-10-11-30)23-18-12-16(15-31)13-21(35-2)25(18)36-26(23)24(20)33/h12-14,17,20,23-24,26,30-31,33H,3-11,15H2,1-2H3,(H,28,34). The van der Waals surface area contributed by atoms with Crippen LogP contribution in [0.5, 0.6) is 11.5 Å². The SMILES string of the molecule is CCCCC(=O)N(C1CCCC1)C1C=C(C(=O)NCCO)C2c3cc(CO)cc(OC)c3OC2C1O. The zero-order valence-electron chi connectivity index (χ0n) is 21.1. The van der Waals surface area contributed by atoms with Gasteiger partial charge in [-0.15, -0.1) is 0 Å². The highest BCUT2D eigenvalue weighted by Gasteiger charge is 2.52. The van der Waals surface area contributed by atoms with E-state index in [-0.39, 0.29) is 37.6 Å². The van der Waals surface area contributed by atoms with Crippen LogP contribution in [0, 0.1) is 0 Å². The zero-order valence-corrected chi connectivity index (χ0v) is 21.1. The van der Waals surface area contributed by atoms with Gasteiger partial charge in [0.15, 0.2) is 11.5 Å². The third-order valence-electron chi connectivity index (χ3n) is 7.57. The van der Waals surface area contributed by atoms with E-state index in [0.717, 1.165) is 38.5 Å². The largest absolute Gasteiger partial charge is 0.493 e. The number of aliphatic hydroxyl groups is 3. The van der Waals surface area contributed by atoms with E-state index < -0.39 is 24.2 Å². The Labute approximate surface area is 212 Å². The van der Waals surface area contributed by atoms with Gasteiger partial charge in [-0.25, -0.2) is 0 Å². The van der Waals surface area contributed by atoms with Crippen molar-refractivity contribution in [2.24, 2.45) is 0 Å². The quantitative estimate of drug-likeness (QED) is 0.384. The number of methoxy groups -OCH3 is 1. The van der Waals surface area contributed by atoms with Crippen molar-refractivity contribution >= 4 is 11.8 Å². The summed E-state index contributed by atoms with van der Waals surface area (Å²) in [7, 11) is 1.50. The molecule has 0 radical (unpaired) electrons. The Morgan fingerprint density at radius 2 is 1.97 bits per heavy atom. The second kappa shape index (κ2) is 11.6. The first-order chi connectivity index (χ1) is 17.4. The summed E-state index contributed by atoms with van der Waals surface area (Å²) in [5.74, 6) is -0.172. The van der Waals surface area contributed by atoms with Crippen molar-refractivity contribution < 1.29 is 34.4 Å². The van der Waals surface area contributed by atoms with E-state index in [1.165, 1.54) is 7.11 Å². The molecule has 0 bridgehead atoms. The summed E-state index contributed by atoms with van der Waals surface area (Å²) in [6.45, 7) is 1.69. The van der Waals surface area contributed by atoms with Crippen LogP contribution in [0.15, 0.2) is 23.8 Å². The van der Waals surface area contributed by atoms with Gasteiger partial charge in [0.1, 0.15) is 12.2 Å². The van der Waals surface area contributed by atoms with Crippen LogP contribution >= 0.6 is 0 Å². The second-order valence-corrected chi connectivity index (χ2v) is 9.86. The van der Waals surface area contributed by atoms with Crippen molar-refractivity contribution in [3.63, 3.8) is 0 Å². The fourth-order valence-electron chi connectivity index (χ4n) is 5.84. The number of carbonyl (C=O) groups is 2. The molecule has 0 spiro atoms. The van der Waals surface area contributed by atoms with Gasteiger partial charge in [0.05, 0.1) is 32.3 Å². The van der Waals surface area contributed by atoms with E-state index in [4.69, 9.17) is 9.47 Å². The molecule has 4 unspecified atom stereocenters. The lowest BCUT2D eigenvalue weighted by molar-refractivity contribution is -0.140. The molecule has 1 aromatic rings. The molecule has 9 heteroatoms. The molecule has 0 saturated heterocycles. The predicted octanol–water partition coefficient (Wildman–Crippen LogP) is 1.77. The Balaban J connectivity index is 1.79. The minimum atomic E-state index is -1.06. The number of ether oxygens (including phenoxy) is 2. The first kappa shape index (κ1) is 26.4. The molecule has 1 fully saturated rings. The van der Waals surface area contributed by atoms with Gasteiger partial charge < -0.3 is 35.0 Å². The first-order valence-electron chi connectivity index (χ1n) is 13.0. The third-order valence-corrected chi connectivity index (χ3v) is 7.57. The number of hydrogen-bond acceptors (Lipinski definition) is 7. The summed E-state index contributed by atoms with van der Waals surface area (Å²) in [6, 6.07) is 2.73. The highest BCUT2D eigenvalue weighted by molar-refractivity contribution is 5.96. The van der Waals surface area contributed by atoms with E-state index in [0.29, 0.717) is 34.6 Å². The summed E-state index contributed by atoms with van der Waals surface area (Å²) in [5.41, 5.74) is 1.63. The van der Waals surface area contributed by atoms with Gasteiger partial charge in [-0.05, 0) is 43.0 Å². The molecule has 2 amide bonds. The molecular formula is C27H38N2O7. The fraction of sp³-hybridized carbons (Fsp3) is 0.630. The minimum Gasteiger partial charge on any atom is -0.493 e. The number of aliphatic hydroxyl groups excluding tert-OH is 3. The average Bonchev–Trinajstić information content (AvgIpc) is 3.55. The molecule has 3 aliphatic rings. The lowest BCUT2D eigenvalue weighted by Gasteiger charge is -2.43. The van der Waals surface area contributed by atoms with Crippen LogP contribution in [-0.4, -0.2) is 76.6 Å². The van der Waals surface area contributed by atoms with E-state index in [2.05, 4.69) is 5.32 Å². The molecule has 1 saturated carbocycles. The van der Waals surface area contributed by atoms with Gasteiger partial charge in [0.25, 0.3) is 0 Å². The Hall–Kier alpha value is -2.62. The molecule has 1 heterocycles. The highest BCUT2D eigenvalue weighted by Crippen LogP contribution is 2.51. The number of rotatable bonds is 10. The maximum absolute atomic E-state index is 13.4. The zero-order chi connectivity index (χ0) is 25.8. The number of nitrogens with zero attached hydrogens (tertiary/aromatic N) is 1. The number of benzene rings is 1. The lowest BCUT2D eigenvalue weighted by atomic mass is 9.77. The molecule has 4 atom stereocenters. The van der Waals surface area contributed by atoms with Crippen LogP contribution in [-0.2, 0) is 16.2 Å². The van der Waals surface area contributed by atoms with Crippen LogP contribution in [0.3, 0.4) is 0 Å². The van der Waals surface area contributed by atoms with Crippen LogP contribution in [0.2, 0.25) is 0 Å². The topological polar surface area (TPSA) is 129 Å². The Kier molecular flexibility index (Phi) is 8.54. The molecule has 0 aromatic heterocycles. The monoisotopic (exact) mass is 502 g/mol. The second-order valence-electron chi connectivity index (χ2n) is 9.86. The van der Waals surface area contributed by atoms with Crippen molar-refractivity contribution in [1.82, 2.24) is 10.2 Å². The summed E-state index contributed by atoms with van der Waals surface area (Å²) in [5, 5.41) is 33.5. The maximum atomic E-state index is 13.4. The fourth-order valence-corrected chi connectivity index (χ4v) is 5.84. The number of amides is 2. The van der Waals surface area contributed by atoms with Crippen molar-refractivity contribution in [1.29, 1.82) is 0 Å². The van der Waals surface area contributed by atoms with Crippen molar-refractivity contribution in [2.45, 2.75) is 88.7 Å². The van der Waals surface area contributed by atoms with Crippen molar-refractivity contribution in [2.75, 3.05) is 20.3 Å². The number of nitrogens with one attached hydrogen (secondary N) is 1. The van der Waals surface area contributed by atoms with Gasteiger partial charge >= 0.3 is 0 Å². The summed E-state index contributed by atoms with van der Waals surface area (Å²) >= 11 is 0. The van der Waals surface area contributed by atoms with Crippen LogP contribution in [0.4, 0.5) is 0 Å². The normalized spacial score (nSPS) is 25.0. The average molecular weight is 503 g/mol. The molecule has 4 rings (SSSR count). The molecule has 36 heavy (non-hydrogen) atoms. The van der Waals surface area contributed by atoms with Crippen LogP contribution < -0.4 is 14.8 Å². The van der Waals surface area contributed by atoms with Crippen LogP contribution in [0.25, 0.3) is 0 Å². The van der Waals surface area contributed by atoms with Gasteiger partial charge in [0.2, 0.25) is 11.8 Å². The molecular weight excluding hydrogens is 464 g/mol. The highest BCUT2D eigenvalue weighted by atomic mass is 16.5. The van der Waals surface area contributed by atoms with Gasteiger partial charge in [-0.3, -0.25) is 9.59 Å². The molecule has 4 N–H and O–H groups in total. The smallest absolute Gasteiger partial charge is 0.247 e. The van der Waals surface area contributed by atoms with E-state index >= 15 is 0 Å². The lowest BCUT2D eigenvalue weighted by Crippen LogP contribution is -2.58. The minimum absolute atomic E-state index is 0.00265. The Bertz CT molecular complexity index is 989. The molecule has 1 aromatic carbocycles. The number of carbonyl (C=O) groups excluding carboxylic acids is 2. The number of unbranched alkanes of at least 4 members (excludes halogenated alkanes) is 1. The van der Waals surface area contributed by atoms with E-state index in [1.807, 2.05) is 6.92 Å². The number of hydrogen-bond donors (Lipinski definition) is 4. The molecule has 9 nitrogen and oxygen atoms in total. The summed E-state index contributed by atoms with van der Waals surface area (Å²) < 4.78 is 11.8. The molecule has 1 aliphatic heterocycles. The van der Waals surface area contributed by atoms with Gasteiger partial charge in [-0.2, -0.15) is 0 Å². The maximum Gasteiger partial charge on any atom is 0.247 e. The summed E-state index contributed by atoms with van der Waals surface area (Å²) in [6.07, 6.45) is 5.65. The Morgan fingerprint density at radius 1 is 1.22 bits per heavy atom. The van der Waals surface area contributed by atoms with E-state index in [9.17, 15) is 24.9 Å². The summed E-state index contributed by atoms with van der Waals surface area (Å²) in [4.78, 5) is 28.6. The van der Waals surface area contributed by atoms with Crippen molar-refractivity contribution in [3.8, 4) is 11.5 Å². The van der Waals surface area contributed by atoms with Crippen LogP contribution in [0.1, 0.15) is 68.9 Å². The Morgan fingerprint density at radius 3 is 2.61 bits per heavy atom.